The van der Waals surface area contributed by atoms with E-state index in [2.05, 4.69) is 10.1 Å². The van der Waals surface area contributed by atoms with Gasteiger partial charge in [-0.2, -0.15) is 0 Å². The summed E-state index contributed by atoms with van der Waals surface area (Å²) in [6.07, 6.45) is 0.751. The lowest BCUT2D eigenvalue weighted by atomic mass is 10.2. The van der Waals surface area contributed by atoms with Crippen LogP contribution in [-0.4, -0.2) is 35.4 Å². The second-order valence-electron chi connectivity index (χ2n) is 6.07. The summed E-state index contributed by atoms with van der Waals surface area (Å²) in [5.74, 6) is -0.603. The normalized spacial score (nSPS) is 12.4. The molecule has 128 valence electrons. The Morgan fingerprint density at radius 1 is 1.39 bits per heavy atom. The third-order valence-corrected chi connectivity index (χ3v) is 2.97. The third kappa shape index (κ3) is 5.94. The van der Waals surface area contributed by atoms with Crippen LogP contribution in [0, 0.1) is 0 Å². The fourth-order valence-corrected chi connectivity index (χ4v) is 2.04. The number of carbonyl (C=O) groups is 2. The Labute approximate surface area is 139 Å². The number of pyridine rings is 1. The van der Waals surface area contributed by atoms with Crippen LogP contribution in [0.3, 0.4) is 0 Å². The van der Waals surface area contributed by atoms with E-state index in [4.69, 9.17) is 16.3 Å². The number of esters is 1. The van der Waals surface area contributed by atoms with Gasteiger partial charge in [0, 0.05) is 18.8 Å². The molecule has 0 bridgehead atoms. The molecule has 0 aliphatic rings. The van der Waals surface area contributed by atoms with Gasteiger partial charge in [-0.1, -0.05) is 11.6 Å². The summed E-state index contributed by atoms with van der Waals surface area (Å²) >= 11 is 5.84. The van der Waals surface area contributed by atoms with E-state index in [1.54, 1.807) is 27.7 Å². The van der Waals surface area contributed by atoms with Gasteiger partial charge in [0.15, 0.2) is 0 Å². The Bertz CT molecular complexity index is 648. The van der Waals surface area contributed by atoms with Crippen LogP contribution in [0.1, 0.15) is 38.1 Å². The maximum absolute atomic E-state index is 12.0. The minimum Gasteiger partial charge on any atom is -0.465 e. The molecular weight excluding hydrogens is 324 g/mol. The van der Waals surface area contributed by atoms with Crippen LogP contribution in [0.2, 0.25) is 5.02 Å². The molecule has 23 heavy (non-hydrogen) atoms. The second-order valence-corrected chi connectivity index (χ2v) is 6.48. The van der Waals surface area contributed by atoms with Crippen molar-refractivity contribution in [2.45, 2.75) is 45.9 Å². The molecule has 1 rings (SSSR count). The molecule has 0 aliphatic heterocycles. The van der Waals surface area contributed by atoms with E-state index in [-0.39, 0.29) is 17.1 Å². The predicted octanol–water partition coefficient (Wildman–Crippen LogP) is 2.20. The van der Waals surface area contributed by atoms with Crippen LogP contribution < -0.4 is 10.9 Å². The molecule has 0 spiro atoms. The minimum absolute atomic E-state index is 0.0997. The summed E-state index contributed by atoms with van der Waals surface area (Å²) in [6.45, 7) is 7.09. The maximum atomic E-state index is 12.0. The maximum Gasteiger partial charge on any atom is 0.407 e. The molecule has 8 heteroatoms. The van der Waals surface area contributed by atoms with Crippen molar-refractivity contribution < 1.29 is 19.1 Å². The van der Waals surface area contributed by atoms with Gasteiger partial charge in [-0.15, -0.1) is 0 Å². The van der Waals surface area contributed by atoms with Crippen molar-refractivity contribution in [3.63, 3.8) is 0 Å². The SMILES string of the molecule is COC(=O)c1cc(Cl)c(=O)n(C[C@H](C)NC(=O)OC(C)(C)C)c1. The monoisotopic (exact) mass is 344 g/mol. The van der Waals surface area contributed by atoms with E-state index in [1.165, 1.54) is 23.9 Å². The van der Waals surface area contributed by atoms with Gasteiger partial charge in [-0.25, -0.2) is 9.59 Å². The Balaban J connectivity index is 2.87. The molecule has 1 heterocycles. The quantitative estimate of drug-likeness (QED) is 0.846. The van der Waals surface area contributed by atoms with Crippen LogP contribution in [0.5, 0.6) is 0 Å². The minimum atomic E-state index is -0.616. The number of hydrogen-bond donors (Lipinski definition) is 1. The van der Waals surface area contributed by atoms with Gasteiger partial charge in [-0.05, 0) is 33.8 Å². The average molecular weight is 345 g/mol. The zero-order valence-electron chi connectivity index (χ0n) is 13.8. The molecule has 0 saturated carbocycles. The van der Waals surface area contributed by atoms with Crippen molar-refractivity contribution in [1.82, 2.24) is 9.88 Å². The topological polar surface area (TPSA) is 86.6 Å². The highest BCUT2D eigenvalue weighted by Crippen LogP contribution is 2.09. The molecule has 0 aliphatic carbocycles. The molecule has 0 fully saturated rings. The lowest BCUT2D eigenvalue weighted by Crippen LogP contribution is -2.41. The van der Waals surface area contributed by atoms with Gasteiger partial charge in [0.2, 0.25) is 0 Å². The zero-order chi connectivity index (χ0) is 17.8. The van der Waals surface area contributed by atoms with Crippen LogP contribution >= 0.6 is 11.6 Å². The molecule has 0 unspecified atom stereocenters. The Hall–Kier alpha value is -2.02. The van der Waals surface area contributed by atoms with E-state index in [0.29, 0.717) is 0 Å². The number of amides is 1. The fraction of sp³-hybridized carbons (Fsp3) is 0.533. The number of alkyl carbamates (subject to hydrolysis) is 1. The lowest BCUT2D eigenvalue weighted by Gasteiger charge is -2.22. The Morgan fingerprint density at radius 2 is 2.00 bits per heavy atom. The zero-order valence-corrected chi connectivity index (χ0v) is 14.6. The second kappa shape index (κ2) is 7.50. The average Bonchev–Trinajstić information content (AvgIpc) is 2.40. The summed E-state index contributed by atoms with van der Waals surface area (Å²) in [5, 5.41) is 2.51. The van der Waals surface area contributed by atoms with Crippen LogP contribution in [0.15, 0.2) is 17.1 Å². The first-order valence-corrected chi connectivity index (χ1v) is 7.39. The molecule has 1 aromatic rings. The number of rotatable bonds is 4. The van der Waals surface area contributed by atoms with Crippen molar-refractivity contribution in [1.29, 1.82) is 0 Å². The summed E-state index contributed by atoms with van der Waals surface area (Å²) in [5.41, 5.74) is -0.923. The van der Waals surface area contributed by atoms with Gasteiger partial charge in [0.25, 0.3) is 5.56 Å². The molecule has 0 radical (unpaired) electrons. The molecule has 1 N–H and O–H groups in total. The van der Waals surface area contributed by atoms with Crippen LogP contribution in [-0.2, 0) is 16.0 Å². The van der Waals surface area contributed by atoms with E-state index >= 15 is 0 Å². The van der Waals surface area contributed by atoms with Crippen LogP contribution in [0.4, 0.5) is 4.79 Å². The van der Waals surface area contributed by atoms with E-state index < -0.39 is 29.3 Å². The third-order valence-electron chi connectivity index (χ3n) is 2.70. The molecule has 1 amide bonds. The first-order chi connectivity index (χ1) is 10.5. The smallest absolute Gasteiger partial charge is 0.407 e. The fourth-order valence-electron chi connectivity index (χ4n) is 1.81. The largest absolute Gasteiger partial charge is 0.465 e. The molecule has 0 saturated heterocycles. The first kappa shape index (κ1) is 19.0. The van der Waals surface area contributed by atoms with Crippen molar-refractivity contribution in [3.05, 3.63) is 33.2 Å². The van der Waals surface area contributed by atoms with Crippen molar-refractivity contribution in [2.24, 2.45) is 0 Å². The van der Waals surface area contributed by atoms with E-state index in [0.717, 1.165) is 0 Å². The number of halogens is 1. The first-order valence-electron chi connectivity index (χ1n) is 7.01. The number of carbonyl (C=O) groups excluding carboxylic acids is 2. The van der Waals surface area contributed by atoms with Gasteiger partial charge in [0.1, 0.15) is 10.6 Å². The summed E-state index contributed by atoms with van der Waals surface area (Å²) in [6, 6.07) is 0.838. The highest BCUT2D eigenvalue weighted by atomic mass is 35.5. The lowest BCUT2D eigenvalue weighted by molar-refractivity contribution is 0.0502. The Kier molecular flexibility index (Phi) is 6.20. The van der Waals surface area contributed by atoms with Gasteiger partial charge in [-0.3, -0.25) is 4.79 Å². The molecule has 7 nitrogen and oxygen atoms in total. The molecular formula is C15H21ClN2O5. The van der Waals surface area contributed by atoms with Gasteiger partial charge < -0.3 is 19.4 Å². The van der Waals surface area contributed by atoms with Gasteiger partial charge >= 0.3 is 12.1 Å². The number of aromatic nitrogens is 1. The van der Waals surface area contributed by atoms with E-state index in [9.17, 15) is 14.4 Å². The van der Waals surface area contributed by atoms with E-state index in [1.807, 2.05) is 0 Å². The summed E-state index contributed by atoms with van der Waals surface area (Å²) in [7, 11) is 1.23. The van der Waals surface area contributed by atoms with Crippen LogP contribution in [0.25, 0.3) is 0 Å². The number of nitrogens with zero attached hydrogens (tertiary/aromatic N) is 1. The summed E-state index contributed by atoms with van der Waals surface area (Å²) < 4.78 is 11.0. The van der Waals surface area contributed by atoms with Gasteiger partial charge in [0.05, 0.1) is 12.7 Å². The highest BCUT2D eigenvalue weighted by Gasteiger charge is 2.19. The number of hydrogen-bond acceptors (Lipinski definition) is 5. The van der Waals surface area contributed by atoms with Crippen molar-refractivity contribution in [2.75, 3.05) is 7.11 Å². The molecule has 0 aromatic carbocycles. The number of ether oxygens (including phenoxy) is 2. The van der Waals surface area contributed by atoms with Crippen molar-refractivity contribution in [3.8, 4) is 0 Å². The summed E-state index contributed by atoms with van der Waals surface area (Å²) in [4.78, 5) is 35.3. The Morgan fingerprint density at radius 3 is 2.52 bits per heavy atom. The predicted molar refractivity (Wildman–Crippen MR) is 85.9 cm³/mol. The number of nitrogens with one attached hydrogen (secondary N) is 1. The standard InChI is InChI=1S/C15H21ClN2O5/c1-9(17-14(21)23-15(2,3)4)7-18-8-10(13(20)22-5)6-11(16)12(18)19/h6,8-9H,7H2,1-5H3,(H,17,21)/t9-/m0/s1. The highest BCUT2D eigenvalue weighted by molar-refractivity contribution is 6.30. The molecule has 1 aromatic heterocycles. The number of methoxy groups -OCH3 is 1. The molecule has 1 atom stereocenters. The van der Waals surface area contributed by atoms with Crippen molar-refractivity contribution >= 4 is 23.7 Å².